The second kappa shape index (κ2) is 30.8. The van der Waals surface area contributed by atoms with E-state index in [2.05, 4.69) is 51.4 Å². The normalized spacial score (nSPS) is 11.6. The number of aromatic nitrogens is 6. The van der Waals surface area contributed by atoms with Gasteiger partial charge in [-0.15, -0.1) is 30.6 Å². The van der Waals surface area contributed by atoms with Crippen molar-refractivity contribution in [3.8, 4) is 49.0 Å². The zero-order valence-corrected chi connectivity index (χ0v) is 44.5. The molecule has 11 nitrogen and oxygen atoms in total. The van der Waals surface area contributed by atoms with Crippen LogP contribution < -0.4 is 14.2 Å². The molecule has 0 atom stereocenters. The molecule has 0 saturated carbocycles. The Labute approximate surface area is 429 Å². The topological polar surface area (TPSA) is 142 Å². The van der Waals surface area contributed by atoms with Crippen LogP contribution >= 0.6 is 34.0 Å². The highest BCUT2D eigenvalue weighted by atomic mass is 32.1. The minimum Gasteiger partial charge on any atom is -0.481 e. The van der Waals surface area contributed by atoms with E-state index in [1.165, 1.54) is 116 Å². The van der Waals surface area contributed by atoms with Gasteiger partial charge in [0, 0.05) is 42.4 Å². The Kier molecular flexibility index (Phi) is 24.0. The quantitative estimate of drug-likeness (QED) is 0.0294. The van der Waals surface area contributed by atoms with Crippen LogP contribution in [0.4, 0.5) is 0 Å². The molecular formula is C56H76N6O5S3. The Bertz CT molecular complexity index is 2100. The molecule has 0 fully saturated rings. The molecule has 0 saturated heterocycles. The van der Waals surface area contributed by atoms with Gasteiger partial charge in [-0.3, -0.25) is 4.79 Å². The van der Waals surface area contributed by atoms with Crippen LogP contribution in [0.25, 0.3) is 31.7 Å². The molecule has 0 bridgehead atoms. The fourth-order valence-corrected chi connectivity index (χ4v) is 11.0. The predicted molar refractivity (Wildman–Crippen MR) is 287 cm³/mol. The van der Waals surface area contributed by atoms with Gasteiger partial charge in [0.2, 0.25) is 0 Å². The van der Waals surface area contributed by atoms with Crippen molar-refractivity contribution in [1.29, 1.82) is 0 Å². The number of hydrogen-bond acceptors (Lipinski definition) is 13. The first-order valence-electron chi connectivity index (χ1n) is 26.4. The van der Waals surface area contributed by atoms with E-state index in [1.54, 1.807) is 34.0 Å². The van der Waals surface area contributed by atoms with Gasteiger partial charge in [-0.2, -0.15) is 0 Å². The molecule has 14 heteroatoms. The Morgan fingerprint density at radius 2 is 0.700 bits per heavy atom. The molecular weight excluding hydrogens is 933 g/mol. The van der Waals surface area contributed by atoms with Crippen LogP contribution in [0, 0.1) is 0 Å². The minimum absolute atomic E-state index is 0.0939. The van der Waals surface area contributed by atoms with E-state index < -0.39 is 11.9 Å². The van der Waals surface area contributed by atoms with Crippen LogP contribution in [0.3, 0.4) is 0 Å². The lowest BCUT2D eigenvalue weighted by Crippen LogP contribution is -2.48. The maximum absolute atomic E-state index is 11.9. The lowest BCUT2D eigenvalue weighted by atomic mass is 10.1. The van der Waals surface area contributed by atoms with Gasteiger partial charge in [-0.05, 0) is 98.5 Å². The Hall–Kier alpha value is -4.79. The highest BCUT2D eigenvalue weighted by molar-refractivity contribution is 7.15. The van der Waals surface area contributed by atoms with Crippen molar-refractivity contribution >= 4 is 40.0 Å². The van der Waals surface area contributed by atoms with Crippen molar-refractivity contribution < 1.29 is 24.1 Å². The summed E-state index contributed by atoms with van der Waals surface area (Å²) in [7, 11) is 0. The van der Waals surface area contributed by atoms with Crippen LogP contribution in [-0.4, -0.2) is 47.6 Å². The summed E-state index contributed by atoms with van der Waals surface area (Å²) in [6.45, 7) is 6.75. The molecule has 6 aromatic rings. The van der Waals surface area contributed by atoms with Crippen LogP contribution in [0.5, 0.6) is 17.2 Å². The van der Waals surface area contributed by atoms with Crippen molar-refractivity contribution in [1.82, 2.24) is 30.6 Å². The number of benzene rings is 3. The van der Waals surface area contributed by atoms with Gasteiger partial charge in [-0.25, -0.2) is 0 Å². The molecule has 70 heavy (non-hydrogen) atoms. The molecule has 0 aliphatic carbocycles. The van der Waals surface area contributed by atoms with Gasteiger partial charge in [0.15, 0.2) is 0 Å². The molecule has 3 aromatic heterocycles. The second-order valence-electron chi connectivity index (χ2n) is 18.4. The summed E-state index contributed by atoms with van der Waals surface area (Å²) in [6, 6.07) is 23.0. The van der Waals surface area contributed by atoms with E-state index >= 15 is 0 Å². The summed E-state index contributed by atoms with van der Waals surface area (Å²) in [6.07, 6.45) is 29.4. The smallest absolute Gasteiger partial charge is 0.417 e. The maximum Gasteiger partial charge on any atom is 0.417 e. The zero-order valence-electron chi connectivity index (χ0n) is 42.0. The molecule has 0 amide bonds. The lowest BCUT2D eigenvalue weighted by Gasteiger charge is -2.34. The monoisotopic (exact) mass is 1010 g/mol. The Morgan fingerprint density at radius 3 is 0.986 bits per heavy atom. The molecule has 0 aliphatic rings. The summed E-state index contributed by atoms with van der Waals surface area (Å²) in [5.74, 6) is -1.19. The molecule has 0 spiro atoms. The van der Waals surface area contributed by atoms with E-state index in [-0.39, 0.29) is 19.3 Å². The molecule has 0 unspecified atom stereocenters. The standard InChI is InChI=1S/C56H76N6O5S3/c1-4-7-10-13-16-19-22-26-49-57-60-53(68-49)43-30-36-46(37-31-43)65-56(42-25-29-52(63)64,66-47-38-32-44(33-39-47)54-61-58-50(69-54)27-23-20-17-14-11-8-5-2)67-48-40-34-45(35-41-48)55-62-59-51(70-55)28-24-21-18-15-12-9-6-3/h30-41H,4-29,42H2,1-3H3,(H,63,64). The molecule has 3 aromatic carbocycles. The summed E-state index contributed by atoms with van der Waals surface area (Å²) >= 11 is 4.88. The predicted octanol–water partition coefficient (Wildman–Crippen LogP) is 16.6. The van der Waals surface area contributed by atoms with E-state index in [0.717, 1.165) is 85.3 Å². The third-order valence-electron chi connectivity index (χ3n) is 12.4. The van der Waals surface area contributed by atoms with E-state index in [9.17, 15) is 9.90 Å². The first-order chi connectivity index (χ1) is 34.3. The Morgan fingerprint density at radius 1 is 0.414 bits per heavy atom. The van der Waals surface area contributed by atoms with Crippen molar-refractivity contribution in [2.75, 3.05) is 0 Å². The largest absolute Gasteiger partial charge is 0.481 e. The fourth-order valence-electron chi connectivity index (χ4n) is 8.32. The van der Waals surface area contributed by atoms with Gasteiger partial charge in [0.25, 0.3) is 0 Å². The van der Waals surface area contributed by atoms with Crippen LogP contribution in [0.2, 0.25) is 0 Å². The number of carbonyl (C=O) groups is 1. The van der Waals surface area contributed by atoms with Crippen LogP contribution in [-0.2, 0) is 24.1 Å². The average molecular weight is 1010 g/mol. The number of nitrogens with zero attached hydrogens (tertiary/aromatic N) is 6. The zero-order chi connectivity index (χ0) is 49.1. The summed E-state index contributed by atoms with van der Waals surface area (Å²) in [4.78, 5) is 11.9. The lowest BCUT2D eigenvalue weighted by molar-refractivity contribution is -0.257. The first kappa shape index (κ1) is 54.5. The first-order valence-corrected chi connectivity index (χ1v) is 28.9. The second-order valence-corrected chi connectivity index (χ2v) is 21.6. The highest BCUT2D eigenvalue weighted by Crippen LogP contribution is 2.36. The molecule has 0 radical (unpaired) electrons. The van der Waals surface area contributed by atoms with E-state index in [4.69, 9.17) is 14.2 Å². The maximum atomic E-state index is 11.9. The van der Waals surface area contributed by atoms with Crippen molar-refractivity contribution in [2.45, 2.75) is 200 Å². The number of aryl methyl sites for hydroxylation is 3. The summed E-state index contributed by atoms with van der Waals surface area (Å²) < 4.78 is 20.3. The van der Waals surface area contributed by atoms with Gasteiger partial charge in [-0.1, -0.05) is 170 Å². The fraction of sp³-hybridized carbons (Fsp3) is 0.554. The van der Waals surface area contributed by atoms with Crippen molar-refractivity contribution in [3.05, 3.63) is 87.8 Å². The number of aliphatic carboxylic acids is 1. The number of ether oxygens (including phenoxy) is 3. The molecule has 378 valence electrons. The summed E-state index contributed by atoms with van der Waals surface area (Å²) in [5, 5.41) is 42.5. The molecule has 1 N–H and O–H groups in total. The number of unbranched alkanes of at least 4 members (excludes halogenated alkanes) is 18. The Balaban J connectivity index is 1.17. The SMILES string of the molecule is CCCCCCCCCc1nnc(-c2ccc(OC(CCCC(=O)O)(Oc3ccc(-c4nnc(CCCCCCCCC)s4)cc3)Oc3ccc(-c4nnc(CCCCCCCCC)s4)cc3)cc2)s1. The van der Waals surface area contributed by atoms with Crippen LogP contribution in [0.15, 0.2) is 72.8 Å². The van der Waals surface area contributed by atoms with Crippen molar-refractivity contribution in [3.63, 3.8) is 0 Å². The third-order valence-corrected chi connectivity index (χ3v) is 15.5. The van der Waals surface area contributed by atoms with Gasteiger partial charge in [0.1, 0.15) is 47.3 Å². The van der Waals surface area contributed by atoms with E-state index in [1.807, 2.05) is 72.8 Å². The molecule has 3 heterocycles. The van der Waals surface area contributed by atoms with Gasteiger partial charge < -0.3 is 19.3 Å². The average Bonchev–Trinajstić information content (AvgIpc) is 4.17. The number of rotatable bonds is 37. The molecule has 6 rings (SSSR count). The minimum atomic E-state index is -1.74. The molecule has 0 aliphatic heterocycles. The number of carboxylic acid groups (broad SMARTS) is 1. The third kappa shape index (κ3) is 19.1. The van der Waals surface area contributed by atoms with Crippen molar-refractivity contribution in [2.24, 2.45) is 0 Å². The number of carboxylic acids is 1. The van der Waals surface area contributed by atoms with Gasteiger partial charge in [0.05, 0.1) is 6.42 Å². The highest BCUT2D eigenvalue weighted by Gasteiger charge is 2.39. The summed E-state index contributed by atoms with van der Waals surface area (Å²) in [5.41, 5.74) is 2.80. The van der Waals surface area contributed by atoms with Crippen LogP contribution in [0.1, 0.15) is 190 Å². The van der Waals surface area contributed by atoms with Gasteiger partial charge >= 0.3 is 11.9 Å². The van der Waals surface area contributed by atoms with E-state index in [0.29, 0.717) is 17.2 Å². The number of hydrogen-bond donors (Lipinski definition) is 1.